The minimum Gasteiger partial charge on any atom is -0.497 e. The van der Waals surface area contributed by atoms with Crippen molar-refractivity contribution < 1.29 is 55.0 Å². The molecule has 3 N–H and O–H groups in total. The van der Waals surface area contributed by atoms with Crippen molar-refractivity contribution in [2.24, 2.45) is 17.8 Å². The minimum atomic E-state index is -4.93. The molecule has 3 aromatic rings. The highest BCUT2D eigenvalue weighted by atomic mass is 32.2. The van der Waals surface area contributed by atoms with Crippen LogP contribution in [-0.2, 0) is 29.1 Å². The van der Waals surface area contributed by atoms with Gasteiger partial charge in [-0.2, -0.15) is 18.3 Å². The molecule has 2 aliphatic heterocycles. The van der Waals surface area contributed by atoms with Crippen molar-refractivity contribution >= 4 is 44.7 Å². The third kappa shape index (κ3) is 8.92. The van der Waals surface area contributed by atoms with Crippen LogP contribution in [0.3, 0.4) is 0 Å². The third-order valence-electron chi connectivity index (χ3n) is 12.6. The van der Waals surface area contributed by atoms with Gasteiger partial charge in [0.25, 0.3) is 5.91 Å². The van der Waals surface area contributed by atoms with Gasteiger partial charge in [-0.25, -0.2) is 22.9 Å². The van der Waals surface area contributed by atoms with E-state index in [4.69, 9.17) is 19.2 Å². The molecule has 62 heavy (non-hydrogen) atoms. The first-order chi connectivity index (χ1) is 29.1. The SMILES string of the molecule is COc1ccc2c(O[C@@H]3CC4C(=O)N[C@]5(C(=O)NS(=O)(=O)C6(C)CC6)C[C@H]5/C=C\CC[C@@H](C)C[C@@H](C)[C@H](NC(=O)OC(C)(C)C(F)(F)F)C(=O)N4C3)cc(-n3cccn3)nc2c1. The summed E-state index contributed by atoms with van der Waals surface area (Å²) < 4.78 is 87.5. The number of amides is 4. The molecule has 4 aliphatic rings. The number of benzene rings is 1. The number of sulfonamides is 1. The Morgan fingerprint density at radius 2 is 1.82 bits per heavy atom. The van der Waals surface area contributed by atoms with Crippen LogP contribution in [0.2, 0.25) is 0 Å². The lowest BCUT2D eigenvalue weighted by atomic mass is 9.88. The fourth-order valence-electron chi connectivity index (χ4n) is 8.13. The van der Waals surface area contributed by atoms with Gasteiger partial charge in [0, 0.05) is 42.3 Å². The number of nitrogens with one attached hydrogen (secondary N) is 3. The lowest BCUT2D eigenvalue weighted by molar-refractivity contribution is -0.244. The minimum absolute atomic E-state index is 0.0519. The number of rotatable bonds is 9. The molecule has 0 radical (unpaired) electrons. The standard InChI is InChI=1S/C42H52F3N7O9S/c1-24-10-7-8-11-26-22-41(26,37(55)50-62(57,58)40(5)14-15-40)49-35(53)31-20-28(23-51(31)36(54)34(25(2)18-24)48-38(56)61-39(3,4)42(43,44)45)60-32-21-33(52-17-9-16-46-52)47-30-19-27(59-6)12-13-29(30)32/h8-9,11-13,16-17,19,21,24-26,28,31,34H,7,10,14-15,18,20,22-23H2,1-6H3,(H,48,56)(H,49,53)(H,50,55)/b11-8-/t24-,25-,26-,28-,31?,34+,41-/m1/s1. The molecule has 7 rings (SSSR count). The van der Waals surface area contributed by atoms with Crippen molar-refractivity contribution in [3.05, 3.63) is 54.9 Å². The number of carbonyl (C=O) groups is 4. The van der Waals surface area contributed by atoms with Gasteiger partial charge in [0.1, 0.15) is 35.2 Å². The van der Waals surface area contributed by atoms with Crippen molar-refractivity contribution in [1.82, 2.24) is 35.0 Å². The second-order valence-corrected chi connectivity index (χ2v) is 20.0. The molecule has 0 bridgehead atoms. The summed E-state index contributed by atoms with van der Waals surface area (Å²) in [5, 5.41) is 10.1. The number of alkyl halides is 3. The largest absolute Gasteiger partial charge is 0.497 e. The summed E-state index contributed by atoms with van der Waals surface area (Å²) in [6.07, 6.45) is 1.80. The summed E-state index contributed by atoms with van der Waals surface area (Å²) in [7, 11) is -2.59. The van der Waals surface area contributed by atoms with E-state index in [0.717, 1.165) is 0 Å². The lowest BCUT2D eigenvalue weighted by Gasteiger charge is -2.34. The van der Waals surface area contributed by atoms with E-state index >= 15 is 0 Å². The Balaban J connectivity index is 1.26. The monoisotopic (exact) mass is 887 g/mol. The third-order valence-corrected chi connectivity index (χ3v) is 14.7. The van der Waals surface area contributed by atoms with Crippen LogP contribution in [0, 0.1) is 17.8 Å². The fourth-order valence-corrected chi connectivity index (χ4v) is 9.44. The molecule has 0 spiro atoms. The lowest BCUT2D eigenvalue weighted by Crippen LogP contribution is -2.59. The van der Waals surface area contributed by atoms with Gasteiger partial charge in [-0.3, -0.25) is 19.1 Å². The molecule has 3 fully saturated rings. The van der Waals surface area contributed by atoms with E-state index in [1.807, 2.05) is 13.0 Å². The summed E-state index contributed by atoms with van der Waals surface area (Å²) in [6.45, 7) is 6.31. The van der Waals surface area contributed by atoms with Gasteiger partial charge >= 0.3 is 12.3 Å². The second kappa shape index (κ2) is 16.4. The number of alkyl carbamates (subject to hydrolysis) is 1. The topological polar surface area (TPSA) is 200 Å². The highest BCUT2D eigenvalue weighted by Crippen LogP contribution is 2.48. The van der Waals surface area contributed by atoms with E-state index < -0.39 is 85.9 Å². The van der Waals surface area contributed by atoms with Crippen LogP contribution in [0.25, 0.3) is 16.7 Å². The van der Waals surface area contributed by atoms with Crippen molar-refractivity contribution in [3.8, 4) is 17.3 Å². The van der Waals surface area contributed by atoms with Crippen molar-refractivity contribution in [2.75, 3.05) is 13.7 Å². The summed E-state index contributed by atoms with van der Waals surface area (Å²) in [5.74, 6) is -2.53. The highest BCUT2D eigenvalue weighted by molar-refractivity contribution is 7.91. The number of hydrogen-bond acceptors (Lipinski definition) is 11. The van der Waals surface area contributed by atoms with Gasteiger partial charge in [-0.05, 0) is 89.3 Å². The van der Waals surface area contributed by atoms with Gasteiger partial charge in [-0.1, -0.05) is 26.0 Å². The van der Waals surface area contributed by atoms with Crippen LogP contribution in [0.4, 0.5) is 18.0 Å². The maximum Gasteiger partial charge on any atom is 0.427 e. The number of methoxy groups -OCH3 is 1. The zero-order valence-corrected chi connectivity index (χ0v) is 36.1. The van der Waals surface area contributed by atoms with E-state index in [0.29, 0.717) is 74.2 Å². The average molecular weight is 888 g/mol. The Labute approximate surface area is 357 Å². The average Bonchev–Trinajstić information content (AvgIpc) is 3.94. The van der Waals surface area contributed by atoms with E-state index in [-0.39, 0.29) is 25.3 Å². The summed E-state index contributed by atoms with van der Waals surface area (Å²) in [5.41, 5.74) is -4.08. The predicted molar refractivity (Wildman–Crippen MR) is 218 cm³/mol. The van der Waals surface area contributed by atoms with Crippen LogP contribution in [0.15, 0.2) is 54.9 Å². The number of carbonyl (C=O) groups excluding carboxylic acids is 4. The van der Waals surface area contributed by atoms with Gasteiger partial charge < -0.3 is 29.7 Å². The zero-order chi connectivity index (χ0) is 45.0. The molecule has 1 aromatic carbocycles. The Kier molecular flexibility index (Phi) is 11.8. The molecule has 1 unspecified atom stereocenters. The molecule has 2 aliphatic carbocycles. The van der Waals surface area contributed by atoms with Gasteiger partial charge in [-0.15, -0.1) is 0 Å². The van der Waals surface area contributed by atoms with E-state index in [1.54, 1.807) is 55.7 Å². The number of ether oxygens (including phenoxy) is 3. The van der Waals surface area contributed by atoms with Crippen LogP contribution in [0.5, 0.6) is 11.5 Å². The second-order valence-electron chi connectivity index (χ2n) is 17.8. The number of nitrogens with zero attached hydrogens (tertiary/aromatic N) is 4. The molecule has 336 valence electrons. The quantitative estimate of drug-likeness (QED) is 0.242. The molecular formula is C42H52F3N7O9S. The molecule has 2 saturated carbocycles. The van der Waals surface area contributed by atoms with Gasteiger partial charge in [0.05, 0.1) is 23.9 Å². The number of aromatic nitrogens is 3. The van der Waals surface area contributed by atoms with Crippen LogP contribution >= 0.6 is 0 Å². The molecule has 4 heterocycles. The molecule has 7 atom stereocenters. The maximum atomic E-state index is 14.9. The molecule has 1 saturated heterocycles. The number of halogens is 3. The molecule has 4 amide bonds. The number of allylic oxidation sites excluding steroid dienone is 1. The first kappa shape index (κ1) is 44.6. The van der Waals surface area contributed by atoms with E-state index in [1.165, 1.54) is 23.6 Å². The van der Waals surface area contributed by atoms with Crippen LogP contribution < -0.4 is 24.8 Å². The highest BCUT2D eigenvalue weighted by Gasteiger charge is 2.63. The number of hydrogen-bond donors (Lipinski definition) is 3. The first-order valence-corrected chi connectivity index (χ1v) is 22.1. The molecule has 2 aromatic heterocycles. The van der Waals surface area contributed by atoms with E-state index in [9.17, 15) is 40.8 Å². The molecule has 20 heteroatoms. The molecular weight excluding hydrogens is 836 g/mol. The van der Waals surface area contributed by atoms with Gasteiger partial charge in [0.15, 0.2) is 5.82 Å². The van der Waals surface area contributed by atoms with Gasteiger partial charge in [0.2, 0.25) is 27.4 Å². The summed E-state index contributed by atoms with van der Waals surface area (Å²) in [4.78, 5) is 62.7. The fraction of sp³-hybridized carbons (Fsp3) is 0.571. The number of fused-ring (bicyclic) bond motifs is 3. The Morgan fingerprint density at radius 3 is 2.48 bits per heavy atom. The van der Waals surface area contributed by atoms with Crippen molar-refractivity contribution in [3.63, 3.8) is 0 Å². The maximum absolute atomic E-state index is 14.9. The van der Waals surface area contributed by atoms with E-state index in [2.05, 4.69) is 20.5 Å². The zero-order valence-electron chi connectivity index (χ0n) is 35.3. The Bertz CT molecular complexity index is 2370. The van der Waals surface area contributed by atoms with Crippen LogP contribution in [0.1, 0.15) is 79.6 Å². The summed E-state index contributed by atoms with van der Waals surface area (Å²) >= 11 is 0. The first-order valence-electron chi connectivity index (χ1n) is 20.6. The number of pyridine rings is 1. The normalized spacial score (nSPS) is 28.3. The Morgan fingerprint density at radius 1 is 1.08 bits per heavy atom. The van der Waals surface area contributed by atoms with Crippen molar-refractivity contribution in [1.29, 1.82) is 0 Å². The molecule has 16 nitrogen and oxygen atoms in total. The smallest absolute Gasteiger partial charge is 0.427 e. The predicted octanol–water partition coefficient (Wildman–Crippen LogP) is 5.10. The van der Waals surface area contributed by atoms with Crippen LogP contribution in [-0.4, -0.2) is 106 Å². The summed E-state index contributed by atoms with van der Waals surface area (Å²) in [6, 6.07) is 5.72. The van der Waals surface area contributed by atoms with Crippen molar-refractivity contribution in [2.45, 2.75) is 120 Å². The Hall–Kier alpha value is -5.40.